The highest BCUT2D eigenvalue weighted by molar-refractivity contribution is 6.62. The van der Waals surface area contributed by atoms with Crippen molar-refractivity contribution in [3.05, 3.63) is 0 Å². The lowest BCUT2D eigenvalue weighted by molar-refractivity contribution is 0.562. The van der Waals surface area contributed by atoms with E-state index in [4.69, 9.17) is 5.40 Å². The van der Waals surface area contributed by atoms with Crippen LogP contribution in [0.5, 0.6) is 0 Å². The SMILES string of the molecule is CNC(C)(C)[SiH](C)NC(C)[SiH](C)N. The monoisotopic (exact) mass is 219 g/mol. The fourth-order valence-corrected chi connectivity index (χ4v) is 4.69. The summed E-state index contributed by atoms with van der Waals surface area (Å²) in [6.07, 6.45) is 0. The molecule has 0 aromatic heterocycles. The summed E-state index contributed by atoms with van der Waals surface area (Å²) in [4.78, 5) is 3.68. The van der Waals surface area contributed by atoms with Crippen molar-refractivity contribution in [1.29, 1.82) is 0 Å². The fraction of sp³-hybridized carbons (Fsp3) is 1.00. The molecule has 13 heavy (non-hydrogen) atoms. The van der Waals surface area contributed by atoms with Gasteiger partial charge in [-0.15, -0.1) is 0 Å². The van der Waals surface area contributed by atoms with E-state index in [1.165, 1.54) is 0 Å². The van der Waals surface area contributed by atoms with Gasteiger partial charge in [-0.05, 0) is 20.9 Å². The van der Waals surface area contributed by atoms with Gasteiger partial charge in [-0.3, -0.25) is 0 Å². The Balaban J connectivity index is 4.06. The van der Waals surface area contributed by atoms with E-state index in [9.17, 15) is 0 Å². The Morgan fingerprint density at radius 2 is 1.77 bits per heavy atom. The maximum atomic E-state index is 5.95. The molecule has 0 rings (SSSR count). The topological polar surface area (TPSA) is 50.1 Å². The minimum Gasteiger partial charge on any atom is -0.352 e. The van der Waals surface area contributed by atoms with Gasteiger partial charge >= 0.3 is 0 Å². The van der Waals surface area contributed by atoms with E-state index in [1.54, 1.807) is 0 Å². The molecule has 0 aliphatic rings. The van der Waals surface area contributed by atoms with Crippen LogP contribution in [0, 0.1) is 0 Å². The van der Waals surface area contributed by atoms with Crippen molar-refractivity contribution in [3.8, 4) is 0 Å². The van der Waals surface area contributed by atoms with Crippen molar-refractivity contribution in [2.24, 2.45) is 5.40 Å². The van der Waals surface area contributed by atoms with E-state index in [2.05, 4.69) is 44.2 Å². The lowest BCUT2D eigenvalue weighted by Crippen LogP contribution is -2.62. The van der Waals surface area contributed by atoms with Crippen LogP contribution in [0.1, 0.15) is 20.8 Å². The predicted octanol–water partition coefficient (Wildman–Crippen LogP) is -0.293. The summed E-state index contributed by atoms with van der Waals surface area (Å²) in [5, 5.41) is 9.57. The van der Waals surface area contributed by atoms with Gasteiger partial charge in [-0.25, -0.2) is 0 Å². The van der Waals surface area contributed by atoms with E-state index >= 15 is 0 Å². The van der Waals surface area contributed by atoms with Gasteiger partial charge in [0, 0.05) is 10.8 Å². The third kappa shape index (κ3) is 4.37. The van der Waals surface area contributed by atoms with Gasteiger partial charge in [-0.2, -0.15) is 0 Å². The second kappa shape index (κ2) is 5.26. The van der Waals surface area contributed by atoms with Crippen LogP contribution in [0.2, 0.25) is 13.1 Å². The number of nitrogens with one attached hydrogen (secondary N) is 2. The lowest BCUT2D eigenvalue weighted by Gasteiger charge is -2.33. The molecule has 0 bridgehead atoms. The highest BCUT2D eigenvalue weighted by Crippen LogP contribution is 2.05. The van der Waals surface area contributed by atoms with Crippen LogP contribution in [0.3, 0.4) is 0 Å². The molecule has 5 heteroatoms. The number of nitrogens with two attached hydrogens (primary N) is 1. The van der Waals surface area contributed by atoms with Crippen molar-refractivity contribution in [2.45, 2.75) is 44.7 Å². The van der Waals surface area contributed by atoms with E-state index in [0.29, 0.717) is 5.67 Å². The zero-order chi connectivity index (χ0) is 10.6. The first-order chi connectivity index (χ1) is 5.81. The van der Waals surface area contributed by atoms with Crippen molar-refractivity contribution in [2.75, 3.05) is 7.05 Å². The summed E-state index contributed by atoms with van der Waals surface area (Å²) in [5.74, 6) is 0. The first kappa shape index (κ1) is 13.3. The first-order valence-electron chi connectivity index (χ1n) is 5.01. The summed E-state index contributed by atoms with van der Waals surface area (Å²) in [5.41, 5.74) is 0.550. The number of rotatable bonds is 5. The zero-order valence-electron chi connectivity index (χ0n) is 9.81. The normalized spacial score (nSPS) is 19.6. The Morgan fingerprint density at radius 1 is 1.31 bits per heavy atom. The van der Waals surface area contributed by atoms with Gasteiger partial charge in [0.25, 0.3) is 0 Å². The summed E-state index contributed by atoms with van der Waals surface area (Å²) >= 11 is 0. The fourth-order valence-electron chi connectivity index (χ4n) is 0.971. The molecule has 3 nitrogen and oxygen atoms in total. The first-order valence-corrected chi connectivity index (χ1v) is 9.81. The molecule has 0 heterocycles. The Morgan fingerprint density at radius 3 is 2.08 bits per heavy atom. The number of hydrogen-bond acceptors (Lipinski definition) is 3. The highest BCUT2D eigenvalue weighted by Gasteiger charge is 2.27. The molecule has 3 unspecified atom stereocenters. The van der Waals surface area contributed by atoms with E-state index in [0.717, 1.165) is 0 Å². The van der Waals surface area contributed by atoms with Crippen molar-refractivity contribution in [1.82, 2.24) is 10.3 Å². The van der Waals surface area contributed by atoms with Crippen LogP contribution in [-0.2, 0) is 0 Å². The maximum Gasteiger partial charge on any atom is 0.125 e. The van der Waals surface area contributed by atoms with E-state index in [-0.39, 0.29) is 5.16 Å². The zero-order valence-corrected chi connectivity index (χ0v) is 12.1. The molecule has 0 aliphatic carbocycles. The van der Waals surface area contributed by atoms with Crippen molar-refractivity contribution < 1.29 is 0 Å². The average molecular weight is 219 g/mol. The molecule has 0 fully saturated rings. The van der Waals surface area contributed by atoms with Crippen LogP contribution in [0.15, 0.2) is 0 Å². The van der Waals surface area contributed by atoms with Crippen LogP contribution in [0.4, 0.5) is 0 Å². The molecule has 0 radical (unpaired) electrons. The molecule has 0 saturated carbocycles. The predicted molar refractivity (Wildman–Crippen MR) is 65.9 cm³/mol. The van der Waals surface area contributed by atoms with Gasteiger partial charge in [0.15, 0.2) is 0 Å². The molecule has 4 N–H and O–H groups in total. The molecule has 0 spiro atoms. The molecule has 0 aliphatic heterocycles. The van der Waals surface area contributed by atoms with Gasteiger partial charge in [0.2, 0.25) is 0 Å². The van der Waals surface area contributed by atoms with Crippen LogP contribution in [-0.4, -0.2) is 35.8 Å². The highest BCUT2D eigenvalue weighted by atomic mass is 28.3. The van der Waals surface area contributed by atoms with Gasteiger partial charge in [0.1, 0.15) is 17.9 Å². The molecular weight excluding hydrogens is 194 g/mol. The molecule has 80 valence electrons. The molecule has 0 amide bonds. The van der Waals surface area contributed by atoms with Crippen LogP contribution >= 0.6 is 0 Å². The summed E-state index contributed by atoms with van der Waals surface area (Å²) in [6, 6.07) is 0. The minimum absolute atomic E-state index is 0.261. The summed E-state index contributed by atoms with van der Waals surface area (Å²) in [6.45, 7) is 11.2. The maximum absolute atomic E-state index is 5.95. The molecule has 3 atom stereocenters. The standard InChI is InChI=1S/C8H25N3Si2/c1-7(12(5)9)11-13(6)8(2,3)10-4/h7,10-13H,9H2,1-6H3. The lowest BCUT2D eigenvalue weighted by atomic mass is 10.4. The molecule has 0 aromatic rings. The Labute approximate surface area is 85.8 Å². The second-order valence-electron chi connectivity index (χ2n) is 4.51. The third-order valence-corrected chi connectivity index (χ3v) is 8.66. The van der Waals surface area contributed by atoms with Crippen LogP contribution < -0.4 is 15.7 Å². The average Bonchev–Trinajstić information content (AvgIpc) is 2.04. The van der Waals surface area contributed by atoms with Crippen molar-refractivity contribution >= 4 is 17.9 Å². The Kier molecular flexibility index (Phi) is 5.38. The van der Waals surface area contributed by atoms with Gasteiger partial charge in [-0.1, -0.05) is 20.0 Å². The second-order valence-corrected chi connectivity index (χ2v) is 10.4. The van der Waals surface area contributed by atoms with Gasteiger partial charge in [0.05, 0.1) is 0 Å². The third-order valence-electron chi connectivity index (χ3n) is 3.03. The summed E-state index contributed by atoms with van der Waals surface area (Å²) in [7, 11) is 0.0875. The smallest absolute Gasteiger partial charge is 0.125 e. The number of hydrogen-bond donors (Lipinski definition) is 3. The molecule has 0 saturated heterocycles. The van der Waals surface area contributed by atoms with Gasteiger partial charge < -0.3 is 15.7 Å². The Bertz CT molecular complexity index is 150. The van der Waals surface area contributed by atoms with E-state index < -0.39 is 17.9 Å². The Hall–Kier alpha value is 0.314. The van der Waals surface area contributed by atoms with E-state index in [1.807, 2.05) is 7.05 Å². The molecular formula is C8H25N3Si2. The van der Waals surface area contributed by atoms with Crippen molar-refractivity contribution in [3.63, 3.8) is 0 Å². The van der Waals surface area contributed by atoms with Crippen LogP contribution in [0.25, 0.3) is 0 Å². The largest absolute Gasteiger partial charge is 0.352 e. The molecule has 0 aromatic carbocycles. The minimum atomic E-state index is -1.01. The quantitative estimate of drug-likeness (QED) is 0.557. The summed E-state index contributed by atoms with van der Waals surface area (Å²) < 4.78 is 0.